The summed E-state index contributed by atoms with van der Waals surface area (Å²) in [5.41, 5.74) is 8.52. The van der Waals surface area contributed by atoms with Crippen molar-refractivity contribution in [2.45, 2.75) is 25.8 Å². The number of para-hydroxylation sites is 2. The number of hydrogen-bond donors (Lipinski definition) is 2. The predicted molar refractivity (Wildman–Crippen MR) is 150 cm³/mol. The molecule has 4 heteroatoms. The summed E-state index contributed by atoms with van der Waals surface area (Å²) in [5, 5.41) is 2.25. The Morgan fingerprint density at radius 1 is 0.757 bits per heavy atom. The molecule has 1 unspecified atom stereocenters. The fourth-order valence-electron chi connectivity index (χ4n) is 6.16. The Balaban J connectivity index is 1.55. The minimum absolute atomic E-state index is 0.0710. The Morgan fingerprint density at radius 2 is 1.51 bits per heavy atom. The number of hydrogen-bond acceptors (Lipinski definition) is 1. The standard InChI is InChI=1S/C33H27N3O/c1-21-22(2)35-30-18-24(16-17-25(21)30)33(28-19-34-29-14-8-6-12-26(28)29)27-13-7-9-15-31(27)36(32(33)37)20-23-10-4-3-5-11-23/h3-19,34-35H,20H2,1-2H3. The smallest absolute Gasteiger partial charge is 0.247 e. The van der Waals surface area contributed by atoms with Crippen LogP contribution in [0.25, 0.3) is 21.8 Å². The molecule has 1 atom stereocenters. The van der Waals surface area contributed by atoms with E-state index in [1.165, 1.54) is 10.9 Å². The average Bonchev–Trinajstić information content (AvgIpc) is 3.56. The van der Waals surface area contributed by atoms with E-state index < -0.39 is 5.41 Å². The van der Waals surface area contributed by atoms with E-state index in [1.807, 2.05) is 53.6 Å². The first-order valence-electron chi connectivity index (χ1n) is 12.7. The highest BCUT2D eigenvalue weighted by molar-refractivity contribution is 6.15. The maximum absolute atomic E-state index is 14.9. The lowest BCUT2D eigenvalue weighted by Gasteiger charge is -2.30. The number of fused-ring (bicyclic) bond motifs is 3. The minimum atomic E-state index is -0.980. The molecule has 37 heavy (non-hydrogen) atoms. The van der Waals surface area contributed by atoms with Crippen molar-refractivity contribution in [1.29, 1.82) is 0 Å². The van der Waals surface area contributed by atoms with Crippen LogP contribution in [0.3, 0.4) is 0 Å². The number of rotatable bonds is 4. The van der Waals surface area contributed by atoms with Crippen molar-refractivity contribution >= 4 is 33.4 Å². The Bertz CT molecular complexity index is 1810. The summed E-state index contributed by atoms with van der Waals surface area (Å²) in [7, 11) is 0. The number of carbonyl (C=O) groups excluding carboxylic acids is 1. The molecular weight excluding hydrogens is 454 g/mol. The number of aromatic amines is 2. The summed E-state index contributed by atoms with van der Waals surface area (Å²) in [5.74, 6) is 0.0710. The zero-order chi connectivity index (χ0) is 25.1. The normalized spacial score (nSPS) is 17.1. The highest BCUT2D eigenvalue weighted by Gasteiger charge is 2.54. The predicted octanol–water partition coefficient (Wildman–Crippen LogP) is 7.15. The summed E-state index contributed by atoms with van der Waals surface area (Å²) in [6, 6.07) is 33.2. The molecule has 1 aliphatic heterocycles. The second kappa shape index (κ2) is 7.97. The van der Waals surface area contributed by atoms with Gasteiger partial charge in [-0.1, -0.05) is 78.9 Å². The third-order valence-electron chi connectivity index (χ3n) is 8.08. The van der Waals surface area contributed by atoms with Crippen molar-refractivity contribution in [1.82, 2.24) is 9.97 Å². The molecule has 7 rings (SSSR count). The molecule has 2 aromatic heterocycles. The van der Waals surface area contributed by atoms with E-state index in [4.69, 9.17) is 0 Å². The molecule has 0 saturated carbocycles. The highest BCUT2D eigenvalue weighted by atomic mass is 16.2. The molecule has 0 aliphatic carbocycles. The van der Waals surface area contributed by atoms with Crippen molar-refractivity contribution in [2.75, 3.05) is 4.90 Å². The van der Waals surface area contributed by atoms with Crippen LogP contribution in [-0.4, -0.2) is 15.9 Å². The molecule has 180 valence electrons. The third kappa shape index (κ3) is 2.99. The molecular formula is C33H27N3O. The largest absolute Gasteiger partial charge is 0.361 e. The van der Waals surface area contributed by atoms with Crippen molar-refractivity contribution in [3.63, 3.8) is 0 Å². The first-order chi connectivity index (χ1) is 18.1. The molecule has 1 aliphatic rings. The highest BCUT2D eigenvalue weighted by Crippen LogP contribution is 2.52. The van der Waals surface area contributed by atoms with E-state index >= 15 is 0 Å². The van der Waals surface area contributed by atoms with Gasteiger partial charge in [0.05, 0.1) is 6.54 Å². The van der Waals surface area contributed by atoms with Crippen LogP contribution in [0.5, 0.6) is 0 Å². The maximum atomic E-state index is 14.9. The zero-order valence-corrected chi connectivity index (χ0v) is 20.9. The zero-order valence-electron chi connectivity index (χ0n) is 20.9. The van der Waals surface area contributed by atoms with Crippen LogP contribution in [0, 0.1) is 13.8 Å². The van der Waals surface area contributed by atoms with Gasteiger partial charge in [-0.25, -0.2) is 0 Å². The van der Waals surface area contributed by atoms with Crippen LogP contribution in [0.4, 0.5) is 5.69 Å². The van der Waals surface area contributed by atoms with Crippen molar-refractivity contribution < 1.29 is 4.79 Å². The van der Waals surface area contributed by atoms with Gasteiger partial charge in [0.2, 0.25) is 5.91 Å². The molecule has 0 saturated heterocycles. The lowest BCUT2D eigenvalue weighted by Crippen LogP contribution is -2.41. The van der Waals surface area contributed by atoms with Gasteiger partial charge in [-0.15, -0.1) is 0 Å². The van der Waals surface area contributed by atoms with Gasteiger partial charge in [-0.05, 0) is 48.7 Å². The lowest BCUT2D eigenvalue weighted by molar-refractivity contribution is -0.120. The maximum Gasteiger partial charge on any atom is 0.247 e. The number of anilines is 1. The SMILES string of the molecule is Cc1[nH]c2cc(C3(c4c[nH]c5ccccc45)C(=O)N(Cc4ccccc4)c4ccccc43)ccc2c1C. The Kier molecular flexibility index (Phi) is 4.67. The van der Waals surface area contributed by atoms with Gasteiger partial charge in [0.25, 0.3) is 0 Å². The summed E-state index contributed by atoms with van der Waals surface area (Å²) in [4.78, 5) is 23.9. The first kappa shape index (κ1) is 21.7. The fourth-order valence-corrected chi connectivity index (χ4v) is 6.16. The van der Waals surface area contributed by atoms with Gasteiger partial charge in [-0.2, -0.15) is 0 Å². The van der Waals surface area contributed by atoms with Crippen LogP contribution in [-0.2, 0) is 16.8 Å². The number of benzene rings is 4. The van der Waals surface area contributed by atoms with Crippen LogP contribution in [0.2, 0.25) is 0 Å². The fraction of sp³-hybridized carbons (Fsp3) is 0.121. The number of carbonyl (C=O) groups is 1. The molecule has 0 bridgehead atoms. The molecule has 6 aromatic rings. The second-order valence-corrected chi connectivity index (χ2v) is 10.0. The molecule has 0 radical (unpaired) electrons. The van der Waals surface area contributed by atoms with Crippen molar-refractivity contribution in [3.8, 4) is 0 Å². The Hall–Kier alpha value is -4.57. The number of amides is 1. The second-order valence-electron chi connectivity index (χ2n) is 10.0. The number of nitrogens with one attached hydrogen (secondary N) is 2. The molecule has 4 aromatic carbocycles. The van der Waals surface area contributed by atoms with Crippen molar-refractivity contribution in [2.24, 2.45) is 0 Å². The monoisotopic (exact) mass is 481 g/mol. The van der Waals surface area contributed by atoms with Crippen LogP contribution >= 0.6 is 0 Å². The average molecular weight is 482 g/mol. The van der Waals surface area contributed by atoms with E-state index in [1.54, 1.807) is 0 Å². The van der Waals surface area contributed by atoms with Gasteiger partial charge in [0.1, 0.15) is 5.41 Å². The molecule has 1 amide bonds. The summed E-state index contributed by atoms with van der Waals surface area (Å²) in [6.07, 6.45) is 2.03. The van der Waals surface area contributed by atoms with E-state index in [-0.39, 0.29) is 5.91 Å². The van der Waals surface area contributed by atoms with Crippen LogP contribution in [0.1, 0.15) is 33.5 Å². The van der Waals surface area contributed by atoms with Gasteiger partial charge >= 0.3 is 0 Å². The van der Waals surface area contributed by atoms with E-state index in [2.05, 4.69) is 78.4 Å². The first-order valence-corrected chi connectivity index (χ1v) is 12.7. The van der Waals surface area contributed by atoms with Crippen molar-refractivity contribution in [3.05, 3.63) is 137 Å². The third-order valence-corrected chi connectivity index (χ3v) is 8.08. The summed E-state index contributed by atoms with van der Waals surface area (Å²) in [6.45, 7) is 4.76. The molecule has 2 N–H and O–H groups in total. The molecule has 0 fully saturated rings. The van der Waals surface area contributed by atoms with Gasteiger partial charge in [0, 0.05) is 50.5 Å². The Morgan fingerprint density at radius 3 is 2.38 bits per heavy atom. The van der Waals surface area contributed by atoms with E-state index in [0.717, 1.165) is 50.1 Å². The lowest BCUT2D eigenvalue weighted by atomic mass is 9.70. The van der Waals surface area contributed by atoms with Gasteiger partial charge < -0.3 is 14.9 Å². The quantitative estimate of drug-likeness (QED) is 0.276. The van der Waals surface area contributed by atoms with E-state index in [0.29, 0.717) is 6.54 Å². The molecule has 3 heterocycles. The van der Waals surface area contributed by atoms with Crippen LogP contribution < -0.4 is 4.90 Å². The number of H-pyrrole nitrogens is 2. The number of aryl methyl sites for hydroxylation is 2. The molecule has 4 nitrogen and oxygen atoms in total. The molecule has 0 spiro atoms. The number of nitrogens with zero attached hydrogens (tertiary/aromatic N) is 1. The number of aromatic nitrogens is 2. The van der Waals surface area contributed by atoms with Crippen LogP contribution in [0.15, 0.2) is 103 Å². The Labute approximate surface area is 215 Å². The van der Waals surface area contributed by atoms with Gasteiger partial charge in [0.15, 0.2) is 0 Å². The minimum Gasteiger partial charge on any atom is -0.361 e. The van der Waals surface area contributed by atoms with Gasteiger partial charge in [-0.3, -0.25) is 4.79 Å². The summed E-state index contributed by atoms with van der Waals surface area (Å²) < 4.78 is 0. The summed E-state index contributed by atoms with van der Waals surface area (Å²) >= 11 is 0. The topological polar surface area (TPSA) is 51.9 Å². The van der Waals surface area contributed by atoms with E-state index in [9.17, 15) is 4.79 Å².